The number of carbonyl (C=O) groups is 1. The molecule has 5 heteroatoms. The van der Waals surface area contributed by atoms with E-state index in [0.29, 0.717) is 11.6 Å². The number of carbonyl (C=O) groups excluding carboxylic acids is 1. The second kappa shape index (κ2) is 6.83. The van der Waals surface area contributed by atoms with Gasteiger partial charge in [0.25, 0.3) is 0 Å². The molecule has 0 aliphatic rings. The van der Waals surface area contributed by atoms with E-state index in [9.17, 15) is 4.79 Å². The minimum Gasteiger partial charge on any atom is -0.464 e. The van der Waals surface area contributed by atoms with Gasteiger partial charge in [-0.2, -0.15) is 0 Å². The minimum absolute atomic E-state index is 0.301. The summed E-state index contributed by atoms with van der Waals surface area (Å²) in [7, 11) is 1.35. The van der Waals surface area contributed by atoms with Crippen LogP contribution in [0.1, 0.15) is 37.2 Å². The molecule has 0 aliphatic carbocycles. The fourth-order valence-electron chi connectivity index (χ4n) is 1.57. The lowest BCUT2D eigenvalue weighted by molar-refractivity contribution is 0.0594. The first-order chi connectivity index (χ1) is 8.22. The maximum Gasteiger partial charge on any atom is 0.356 e. The summed E-state index contributed by atoms with van der Waals surface area (Å²) in [6.07, 6.45) is 3.63. The molecule has 1 aromatic rings. The van der Waals surface area contributed by atoms with Gasteiger partial charge in [-0.25, -0.2) is 14.8 Å². The molecule has 1 rings (SSSR count). The Morgan fingerprint density at radius 3 is 2.53 bits per heavy atom. The van der Waals surface area contributed by atoms with E-state index < -0.39 is 5.97 Å². The zero-order valence-corrected chi connectivity index (χ0v) is 10.6. The maximum atomic E-state index is 11.4. The van der Waals surface area contributed by atoms with Gasteiger partial charge in [-0.1, -0.05) is 13.8 Å². The number of hydrogen-bond acceptors (Lipinski definition) is 5. The molecule has 17 heavy (non-hydrogen) atoms. The third-order valence-corrected chi connectivity index (χ3v) is 2.31. The van der Waals surface area contributed by atoms with Crippen LogP contribution in [-0.2, 0) is 4.74 Å². The fourth-order valence-corrected chi connectivity index (χ4v) is 1.57. The Morgan fingerprint density at radius 2 is 2.00 bits per heavy atom. The van der Waals surface area contributed by atoms with E-state index >= 15 is 0 Å². The van der Waals surface area contributed by atoms with E-state index in [1.54, 1.807) is 12.3 Å². The molecule has 0 atom stereocenters. The average Bonchev–Trinajstić information content (AvgIpc) is 2.37. The van der Waals surface area contributed by atoms with E-state index in [0.717, 1.165) is 25.9 Å². The lowest BCUT2D eigenvalue weighted by atomic mass is 10.3. The largest absolute Gasteiger partial charge is 0.464 e. The van der Waals surface area contributed by atoms with Gasteiger partial charge >= 0.3 is 5.97 Å². The van der Waals surface area contributed by atoms with Crippen molar-refractivity contribution in [3.05, 3.63) is 18.0 Å². The first-order valence-electron chi connectivity index (χ1n) is 5.89. The lowest BCUT2D eigenvalue weighted by Gasteiger charge is -2.21. The first kappa shape index (κ1) is 13.4. The van der Waals surface area contributed by atoms with Gasteiger partial charge in [0.15, 0.2) is 5.69 Å². The van der Waals surface area contributed by atoms with Crippen molar-refractivity contribution in [3.8, 4) is 0 Å². The molecular weight excluding hydrogens is 218 g/mol. The molecule has 0 fully saturated rings. The van der Waals surface area contributed by atoms with E-state index in [2.05, 4.69) is 33.5 Å². The SMILES string of the molecule is CCCN(CCC)c1nccc(C(=O)OC)n1. The van der Waals surface area contributed by atoms with Gasteiger partial charge in [0.05, 0.1) is 7.11 Å². The standard InChI is InChI=1S/C12H19N3O2/c1-4-8-15(9-5-2)12-13-7-6-10(14-12)11(16)17-3/h6-7H,4-5,8-9H2,1-3H3. The Labute approximate surface area is 102 Å². The van der Waals surface area contributed by atoms with Crippen molar-refractivity contribution in [1.82, 2.24) is 9.97 Å². The van der Waals surface area contributed by atoms with Crippen LogP contribution in [0.2, 0.25) is 0 Å². The summed E-state index contributed by atoms with van der Waals surface area (Å²) in [6.45, 7) is 5.98. The van der Waals surface area contributed by atoms with Crippen molar-refractivity contribution in [1.29, 1.82) is 0 Å². The van der Waals surface area contributed by atoms with E-state index in [1.165, 1.54) is 7.11 Å². The summed E-state index contributed by atoms with van der Waals surface area (Å²) in [5.74, 6) is 0.165. The molecule has 0 bridgehead atoms. The number of methoxy groups -OCH3 is 1. The van der Waals surface area contributed by atoms with Crippen LogP contribution >= 0.6 is 0 Å². The Balaban J connectivity index is 2.91. The second-order valence-corrected chi connectivity index (χ2v) is 3.72. The van der Waals surface area contributed by atoms with Crippen molar-refractivity contribution < 1.29 is 9.53 Å². The molecule has 94 valence electrons. The third kappa shape index (κ3) is 3.69. The number of nitrogens with zero attached hydrogens (tertiary/aromatic N) is 3. The Bertz CT molecular complexity index is 363. The van der Waals surface area contributed by atoms with Crippen LogP contribution < -0.4 is 4.90 Å². The molecule has 0 radical (unpaired) electrons. The summed E-state index contributed by atoms with van der Waals surface area (Å²) in [6, 6.07) is 1.56. The molecular formula is C12H19N3O2. The highest BCUT2D eigenvalue weighted by molar-refractivity contribution is 5.87. The quantitative estimate of drug-likeness (QED) is 0.707. The number of ether oxygens (including phenoxy) is 1. The van der Waals surface area contributed by atoms with Crippen molar-refractivity contribution in [2.45, 2.75) is 26.7 Å². The van der Waals surface area contributed by atoms with Crippen LogP contribution in [0.3, 0.4) is 0 Å². The third-order valence-electron chi connectivity index (χ3n) is 2.31. The highest BCUT2D eigenvalue weighted by Gasteiger charge is 2.12. The molecule has 5 nitrogen and oxygen atoms in total. The van der Waals surface area contributed by atoms with Crippen LogP contribution in [0.15, 0.2) is 12.3 Å². The zero-order valence-electron chi connectivity index (χ0n) is 10.6. The van der Waals surface area contributed by atoms with E-state index in [4.69, 9.17) is 0 Å². The summed E-state index contributed by atoms with van der Waals surface area (Å²) in [5, 5.41) is 0. The summed E-state index contributed by atoms with van der Waals surface area (Å²) < 4.78 is 4.64. The second-order valence-electron chi connectivity index (χ2n) is 3.72. The predicted octanol–water partition coefficient (Wildman–Crippen LogP) is 1.89. The smallest absolute Gasteiger partial charge is 0.356 e. The lowest BCUT2D eigenvalue weighted by Crippen LogP contribution is -2.27. The van der Waals surface area contributed by atoms with Gasteiger partial charge in [0.1, 0.15) is 0 Å². The Kier molecular flexibility index (Phi) is 5.39. The summed E-state index contributed by atoms with van der Waals surface area (Å²) >= 11 is 0. The Hall–Kier alpha value is -1.65. The molecule has 0 unspecified atom stereocenters. The number of anilines is 1. The van der Waals surface area contributed by atoms with E-state index in [-0.39, 0.29) is 0 Å². The average molecular weight is 237 g/mol. The van der Waals surface area contributed by atoms with Gasteiger partial charge in [-0.3, -0.25) is 0 Å². The van der Waals surface area contributed by atoms with Crippen molar-refractivity contribution in [3.63, 3.8) is 0 Å². The predicted molar refractivity (Wildman–Crippen MR) is 66.2 cm³/mol. The highest BCUT2D eigenvalue weighted by atomic mass is 16.5. The fraction of sp³-hybridized carbons (Fsp3) is 0.583. The van der Waals surface area contributed by atoms with Crippen molar-refractivity contribution >= 4 is 11.9 Å². The minimum atomic E-state index is -0.429. The molecule has 0 aliphatic heterocycles. The normalized spacial score (nSPS) is 10.1. The van der Waals surface area contributed by atoms with Gasteiger partial charge in [0, 0.05) is 19.3 Å². The molecule has 0 aromatic carbocycles. The molecule has 0 amide bonds. The number of aromatic nitrogens is 2. The van der Waals surface area contributed by atoms with Crippen LogP contribution in [0.5, 0.6) is 0 Å². The van der Waals surface area contributed by atoms with Gasteiger partial charge in [0.2, 0.25) is 5.95 Å². The molecule has 0 saturated heterocycles. The highest BCUT2D eigenvalue weighted by Crippen LogP contribution is 2.09. The van der Waals surface area contributed by atoms with Gasteiger partial charge < -0.3 is 9.64 Å². The molecule has 0 spiro atoms. The van der Waals surface area contributed by atoms with Crippen LogP contribution in [0, 0.1) is 0 Å². The number of hydrogen-bond donors (Lipinski definition) is 0. The van der Waals surface area contributed by atoms with Crippen molar-refractivity contribution in [2.24, 2.45) is 0 Å². The van der Waals surface area contributed by atoms with Crippen molar-refractivity contribution in [2.75, 3.05) is 25.1 Å². The maximum absolute atomic E-state index is 11.4. The summed E-state index contributed by atoms with van der Waals surface area (Å²) in [5.41, 5.74) is 0.301. The number of esters is 1. The Morgan fingerprint density at radius 1 is 1.35 bits per heavy atom. The molecule has 1 aromatic heterocycles. The zero-order chi connectivity index (χ0) is 12.7. The number of rotatable bonds is 6. The molecule has 0 saturated carbocycles. The van der Waals surface area contributed by atoms with Gasteiger partial charge in [-0.05, 0) is 18.9 Å². The van der Waals surface area contributed by atoms with Crippen LogP contribution in [0.4, 0.5) is 5.95 Å². The van der Waals surface area contributed by atoms with E-state index in [1.807, 2.05) is 0 Å². The molecule has 0 N–H and O–H groups in total. The van der Waals surface area contributed by atoms with Gasteiger partial charge in [-0.15, -0.1) is 0 Å². The topological polar surface area (TPSA) is 55.3 Å². The first-order valence-corrected chi connectivity index (χ1v) is 5.89. The van der Waals surface area contributed by atoms with Crippen LogP contribution in [-0.4, -0.2) is 36.1 Å². The monoisotopic (exact) mass is 237 g/mol. The molecule has 1 heterocycles. The van der Waals surface area contributed by atoms with Crippen LogP contribution in [0.25, 0.3) is 0 Å². The summed E-state index contributed by atoms with van der Waals surface area (Å²) in [4.78, 5) is 21.9.